The van der Waals surface area contributed by atoms with E-state index in [0.29, 0.717) is 60.0 Å². The zero-order chi connectivity index (χ0) is 26.0. The van der Waals surface area contributed by atoms with Crippen LogP contribution in [0.5, 0.6) is 0 Å². The number of carbonyl (C=O) groups excluding carboxylic acids is 1. The third-order valence-corrected chi connectivity index (χ3v) is 6.63. The molecule has 5 rings (SSSR count). The van der Waals surface area contributed by atoms with Crippen molar-refractivity contribution in [2.24, 2.45) is 0 Å². The molecule has 1 aliphatic carbocycles. The van der Waals surface area contributed by atoms with Gasteiger partial charge in [-0.15, -0.1) is 0 Å². The smallest absolute Gasteiger partial charge is 0.338 e. The summed E-state index contributed by atoms with van der Waals surface area (Å²) in [6, 6.07) is 14.3. The summed E-state index contributed by atoms with van der Waals surface area (Å²) >= 11 is 0. The normalized spacial score (nSPS) is 19.4. The van der Waals surface area contributed by atoms with Crippen LogP contribution in [-0.2, 0) is 10.3 Å². The maximum atomic E-state index is 13.6. The molecule has 0 saturated heterocycles. The fourth-order valence-electron chi connectivity index (χ4n) is 4.51. The van der Waals surface area contributed by atoms with Gasteiger partial charge >= 0.3 is 5.97 Å². The molecule has 0 aliphatic heterocycles. The number of rotatable bonds is 6. The summed E-state index contributed by atoms with van der Waals surface area (Å²) in [4.78, 5) is 25.6. The first kappa shape index (κ1) is 24.6. The topological polar surface area (TPSA) is 102 Å². The van der Waals surface area contributed by atoms with Crippen LogP contribution >= 0.6 is 0 Å². The number of anilines is 2. The van der Waals surface area contributed by atoms with E-state index in [2.05, 4.69) is 20.3 Å². The molecule has 1 fully saturated rings. The molecule has 190 valence electrons. The Morgan fingerprint density at radius 2 is 1.86 bits per heavy atom. The molecule has 1 saturated carbocycles. The summed E-state index contributed by atoms with van der Waals surface area (Å²) in [5.74, 6) is 0.961. The van der Waals surface area contributed by atoms with E-state index in [4.69, 9.17) is 4.74 Å². The van der Waals surface area contributed by atoms with Crippen molar-refractivity contribution in [3.63, 3.8) is 0 Å². The van der Waals surface area contributed by atoms with Gasteiger partial charge in [-0.3, -0.25) is 4.57 Å². The van der Waals surface area contributed by atoms with Crippen LogP contribution < -0.4 is 5.32 Å². The lowest BCUT2D eigenvalue weighted by molar-refractivity contribution is -0.0485. The third-order valence-electron chi connectivity index (χ3n) is 6.63. The van der Waals surface area contributed by atoms with Crippen molar-refractivity contribution in [3.05, 3.63) is 95.5 Å². The van der Waals surface area contributed by atoms with Gasteiger partial charge in [0.25, 0.3) is 0 Å². The number of hydrogen-bond acceptors (Lipinski definition) is 7. The van der Waals surface area contributed by atoms with Gasteiger partial charge in [-0.1, -0.05) is 18.2 Å². The molecule has 0 amide bonds. The Labute approximate surface area is 214 Å². The van der Waals surface area contributed by atoms with Crippen molar-refractivity contribution < 1.29 is 19.0 Å². The Bertz CT molecular complexity index is 1410. The summed E-state index contributed by atoms with van der Waals surface area (Å²) in [7, 11) is 0. The van der Waals surface area contributed by atoms with Crippen LogP contribution in [0.25, 0.3) is 5.82 Å². The Hall–Kier alpha value is -4.11. The van der Waals surface area contributed by atoms with Crippen LogP contribution in [0.1, 0.15) is 52.9 Å². The molecule has 0 atom stereocenters. The minimum atomic E-state index is -1.11. The van der Waals surface area contributed by atoms with Crippen molar-refractivity contribution in [2.75, 3.05) is 5.32 Å². The average molecular weight is 502 g/mol. The first-order valence-corrected chi connectivity index (χ1v) is 12.2. The molecule has 9 heteroatoms. The van der Waals surface area contributed by atoms with Crippen molar-refractivity contribution >= 4 is 17.6 Å². The van der Waals surface area contributed by atoms with E-state index in [1.54, 1.807) is 54.3 Å². The first-order chi connectivity index (χ1) is 17.8. The number of aromatic nitrogens is 4. The standard InChI is InChI=1S/C28H28FN5O3/c1-18-12-25(32-24-14-19(2)22(29)15-30-24)33-26(13-18)34-16-23(31-17-34)28(36)10-8-21(9-11-28)37-27(35)20-6-4-3-5-7-20/h3-7,12-17,21,36H,8-11H2,1-2H3,(H,30,32,33)/t21-,28+. The number of nitrogens with one attached hydrogen (secondary N) is 1. The van der Waals surface area contributed by atoms with Crippen LogP contribution in [0.4, 0.5) is 16.0 Å². The predicted octanol–water partition coefficient (Wildman–Crippen LogP) is 5.15. The highest BCUT2D eigenvalue weighted by atomic mass is 19.1. The van der Waals surface area contributed by atoms with Crippen LogP contribution in [0.3, 0.4) is 0 Å². The fourth-order valence-corrected chi connectivity index (χ4v) is 4.51. The van der Waals surface area contributed by atoms with Crippen molar-refractivity contribution in [1.82, 2.24) is 19.5 Å². The Morgan fingerprint density at radius 1 is 1.11 bits per heavy atom. The summed E-state index contributed by atoms with van der Waals surface area (Å²) in [6.45, 7) is 3.62. The summed E-state index contributed by atoms with van der Waals surface area (Å²) in [5, 5.41) is 14.5. The lowest BCUT2D eigenvalue weighted by Crippen LogP contribution is -2.35. The van der Waals surface area contributed by atoms with Gasteiger partial charge in [-0.25, -0.2) is 24.1 Å². The van der Waals surface area contributed by atoms with Gasteiger partial charge in [0.05, 0.1) is 17.5 Å². The van der Waals surface area contributed by atoms with E-state index in [1.165, 1.54) is 6.20 Å². The number of imidazole rings is 1. The van der Waals surface area contributed by atoms with Gasteiger partial charge in [-0.2, -0.15) is 0 Å². The number of nitrogens with zero attached hydrogens (tertiary/aromatic N) is 4. The van der Waals surface area contributed by atoms with E-state index in [-0.39, 0.29) is 17.9 Å². The second-order valence-electron chi connectivity index (χ2n) is 9.50. The number of halogens is 1. The molecule has 1 aliphatic rings. The molecule has 37 heavy (non-hydrogen) atoms. The first-order valence-electron chi connectivity index (χ1n) is 12.2. The largest absolute Gasteiger partial charge is 0.459 e. The lowest BCUT2D eigenvalue weighted by atomic mass is 9.81. The third kappa shape index (κ3) is 5.51. The lowest BCUT2D eigenvalue weighted by Gasteiger charge is -2.34. The van der Waals surface area contributed by atoms with Crippen LogP contribution in [-0.4, -0.2) is 36.7 Å². The molecule has 8 nitrogen and oxygen atoms in total. The summed E-state index contributed by atoms with van der Waals surface area (Å²) in [5.41, 5.74) is 1.41. The molecule has 0 radical (unpaired) electrons. The van der Waals surface area contributed by atoms with E-state index in [0.717, 1.165) is 5.56 Å². The molecular weight excluding hydrogens is 473 g/mol. The number of benzene rings is 1. The van der Waals surface area contributed by atoms with Crippen molar-refractivity contribution in [3.8, 4) is 5.82 Å². The van der Waals surface area contributed by atoms with E-state index >= 15 is 0 Å². The number of aliphatic hydroxyl groups is 1. The number of hydrogen-bond donors (Lipinski definition) is 2. The number of esters is 1. The van der Waals surface area contributed by atoms with E-state index in [1.807, 2.05) is 25.1 Å². The van der Waals surface area contributed by atoms with Gasteiger partial charge in [0.1, 0.15) is 41.3 Å². The molecule has 0 unspecified atom stereocenters. The van der Waals surface area contributed by atoms with Gasteiger partial charge in [0, 0.05) is 6.20 Å². The molecule has 0 spiro atoms. The van der Waals surface area contributed by atoms with Crippen LogP contribution in [0.2, 0.25) is 0 Å². The average Bonchev–Trinajstić information content (AvgIpc) is 3.40. The number of ether oxygens (including phenoxy) is 1. The monoisotopic (exact) mass is 501 g/mol. The highest BCUT2D eigenvalue weighted by Gasteiger charge is 2.38. The van der Waals surface area contributed by atoms with Crippen LogP contribution in [0, 0.1) is 19.7 Å². The summed E-state index contributed by atoms with van der Waals surface area (Å²) in [6.07, 6.45) is 6.29. The molecule has 3 heterocycles. The maximum Gasteiger partial charge on any atom is 0.338 e. The number of carbonyl (C=O) groups is 1. The summed E-state index contributed by atoms with van der Waals surface area (Å²) < 4.78 is 21.0. The quantitative estimate of drug-likeness (QED) is 0.352. The molecule has 4 aromatic rings. The van der Waals surface area contributed by atoms with Gasteiger partial charge < -0.3 is 15.2 Å². The van der Waals surface area contributed by atoms with Gasteiger partial charge in [0.15, 0.2) is 0 Å². The Kier molecular flexibility index (Phi) is 6.71. The van der Waals surface area contributed by atoms with Crippen molar-refractivity contribution in [2.45, 2.75) is 51.2 Å². The second-order valence-corrected chi connectivity index (χ2v) is 9.50. The van der Waals surface area contributed by atoms with E-state index < -0.39 is 5.60 Å². The molecule has 3 aromatic heterocycles. The van der Waals surface area contributed by atoms with E-state index in [9.17, 15) is 14.3 Å². The van der Waals surface area contributed by atoms with Crippen molar-refractivity contribution in [1.29, 1.82) is 0 Å². The second kappa shape index (κ2) is 10.1. The minimum absolute atomic E-state index is 0.245. The highest BCUT2D eigenvalue weighted by Crippen LogP contribution is 2.37. The number of pyridine rings is 2. The zero-order valence-electron chi connectivity index (χ0n) is 20.7. The molecule has 0 bridgehead atoms. The Morgan fingerprint density at radius 3 is 2.59 bits per heavy atom. The van der Waals surface area contributed by atoms with Gasteiger partial charge in [-0.05, 0) is 81.0 Å². The number of aryl methyl sites for hydroxylation is 2. The maximum absolute atomic E-state index is 13.6. The molecular formula is C28H28FN5O3. The zero-order valence-corrected chi connectivity index (χ0v) is 20.7. The SMILES string of the molecule is Cc1cc(Nc2cc(C)c(F)cn2)nc(-n2cnc([C@]3(O)CC[C@@H](OC(=O)c4ccccc4)CC3)c2)c1. The predicted molar refractivity (Wildman–Crippen MR) is 136 cm³/mol. The Balaban J connectivity index is 1.27. The fraction of sp³-hybridized carbons (Fsp3) is 0.286. The van der Waals surface area contributed by atoms with Gasteiger partial charge in [0.2, 0.25) is 0 Å². The molecule has 2 N–H and O–H groups in total. The van der Waals surface area contributed by atoms with Crippen LogP contribution in [0.15, 0.2) is 67.3 Å². The highest BCUT2D eigenvalue weighted by molar-refractivity contribution is 5.89. The minimum Gasteiger partial charge on any atom is -0.459 e. The molecule has 1 aromatic carbocycles.